The first-order chi connectivity index (χ1) is 6.07. The van der Waals surface area contributed by atoms with E-state index in [1.807, 2.05) is 0 Å². The lowest BCUT2D eigenvalue weighted by Gasteiger charge is -2.02. The molecule has 0 saturated heterocycles. The number of rotatable bonds is 1. The molecule has 6 heteroatoms. The first kappa shape index (κ1) is 9.85. The van der Waals surface area contributed by atoms with Crippen molar-refractivity contribution in [1.29, 1.82) is 0 Å². The number of halogens is 3. The van der Waals surface area contributed by atoms with E-state index in [1.165, 1.54) is 0 Å². The average Bonchev–Trinajstić information content (AvgIpc) is 2.12. The zero-order valence-electron chi connectivity index (χ0n) is 6.47. The van der Waals surface area contributed by atoms with Crippen molar-refractivity contribution >= 4 is 17.6 Å². The molecule has 0 aromatic carbocycles. The van der Waals surface area contributed by atoms with Gasteiger partial charge in [0.25, 0.3) is 0 Å². The van der Waals surface area contributed by atoms with Gasteiger partial charge in [-0.25, -0.2) is 14.2 Å². The Labute approximate surface area is 77.3 Å². The number of hydrogen-bond donors (Lipinski definition) is 0. The predicted octanol–water partition coefficient (Wildman–Crippen LogP) is 1.80. The number of carbonyl (C=O) groups is 1. The van der Waals surface area contributed by atoms with Gasteiger partial charge in [-0.15, -0.1) is 0 Å². The number of esters is 1. The van der Waals surface area contributed by atoms with Crippen LogP contribution in [0, 0.1) is 11.8 Å². The van der Waals surface area contributed by atoms with Crippen molar-refractivity contribution < 1.29 is 18.3 Å². The molecule has 1 rings (SSSR count). The molecule has 3 nitrogen and oxygen atoms in total. The fourth-order valence-electron chi connectivity index (χ4n) is 0.720. The molecule has 0 fully saturated rings. The van der Waals surface area contributed by atoms with Crippen LogP contribution in [0.5, 0.6) is 0 Å². The zero-order valence-corrected chi connectivity index (χ0v) is 7.23. The van der Waals surface area contributed by atoms with Crippen molar-refractivity contribution in [1.82, 2.24) is 4.98 Å². The van der Waals surface area contributed by atoms with E-state index in [1.54, 1.807) is 0 Å². The first-order valence-electron chi connectivity index (χ1n) is 3.15. The number of hydrogen-bond acceptors (Lipinski definition) is 3. The highest BCUT2D eigenvalue weighted by Crippen LogP contribution is 2.21. The van der Waals surface area contributed by atoms with Gasteiger partial charge in [-0.3, -0.25) is 0 Å². The standard InChI is InChI=1S/C7H4ClF2NO2/c1-13-7(12)4-5(8)3(9)2-11-6(4)10/h2H,1H3. The van der Waals surface area contributed by atoms with Crippen LogP contribution in [0.1, 0.15) is 10.4 Å². The van der Waals surface area contributed by atoms with E-state index in [4.69, 9.17) is 11.6 Å². The minimum absolute atomic E-state index is 0.587. The Morgan fingerprint density at radius 1 is 1.62 bits per heavy atom. The summed E-state index contributed by atoms with van der Waals surface area (Å²) in [4.78, 5) is 13.8. The molecule has 0 bridgehead atoms. The summed E-state index contributed by atoms with van der Waals surface area (Å²) in [5.74, 6) is -3.18. The van der Waals surface area contributed by atoms with E-state index in [9.17, 15) is 13.6 Å². The summed E-state index contributed by atoms with van der Waals surface area (Å²) >= 11 is 5.32. The highest BCUT2D eigenvalue weighted by molar-refractivity contribution is 6.33. The number of aromatic nitrogens is 1. The van der Waals surface area contributed by atoms with Gasteiger partial charge in [0.1, 0.15) is 5.56 Å². The lowest BCUT2D eigenvalue weighted by molar-refractivity contribution is 0.0594. The van der Waals surface area contributed by atoms with E-state index in [0.29, 0.717) is 6.20 Å². The van der Waals surface area contributed by atoms with Crippen molar-refractivity contribution in [2.45, 2.75) is 0 Å². The van der Waals surface area contributed by atoms with Crippen molar-refractivity contribution in [2.24, 2.45) is 0 Å². The third kappa shape index (κ3) is 1.75. The molecule has 0 saturated carbocycles. The van der Waals surface area contributed by atoms with Crippen molar-refractivity contribution in [3.05, 3.63) is 28.5 Å². The molecule has 1 aromatic heterocycles. The van der Waals surface area contributed by atoms with Crippen LogP contribution in [0.4, 0.5) is 8.78 Å². The number of carbonyl (C=O) groups excluding carboxylic acids is 1. The van der Waals surface area contributed by atoms with Gasteiger partial charge < -0.3 is 4.74 Å². The van der Waals surface area contributed by atoms with Crippen LogP contribution >= 0.6 is 11.6 Å². The smallest absolute Gasteiger partial charge is 0.344 e. The van der Waals surface area contributed by atoms with Gasteiger partial charge in [-0.2, -0.15) is 4.39 Å². The minimum Gasteiger partial charge on any atom is -0.465 e. The molecule has 0 unspecified atom stereocenters. The number of nitrogens with zero attached hydrogens (tertiary/aromatic N) is 1. The number of pyridine rings is 1. The normalized spacial score (nSPS) is 9.85. The fourth-order valence-corrected chi connectivity index (χ4v) is 0.924. The molecule has 0 aliphatic carbocycles. The summed E-state index contributed by atoms with van der Waals surface area (Å²) in [6, 6.07) is 0. The molecule has 13 heavy (non-hydrogen) atoms. The zero-order chi connectivity index (χ0) is 10.0. The maximum atomic E-state index is 12.8. The van der Waals surface area contributed by atoms with Crippen LogP contribution < -0.4 is 0 Å². The lowest BCUT2D eigenvalue weighted by Crippen LogP contribution is -2.08. The Balaban J connectivity index is 3.33. The highest BCUT2D eigenvalue weighted by atomic mass is 35.5. The van der Waals surface area contributed by atoms with Crippen molar-refractivity contribution in [3.63, 3.8) is 0 Å². The van der Waals surface area contributed by atoms with Crippen LogP contribution in [0.15, 0.2) is 6.20 Å². The molecule has 0 spiro atoms. The van der Waals surface area contributed by atoms with Gasteiger partial charge in [0.15, 0.2) is 5.82 Å². The minimum atomic E-state index is -1.15. The second kappa shape index (κ2) is 3.66. The van der Waals surface area contributed by atoms with Crippen LogP contribution in [0.2, 0.25) is 5.02 Å². The highest BCUT2D eigenvalue weighted by Gasteiger charge is 2.20. The van der Waals surface area contributed by atoms with Gasteiger partial charge in [0, 0.05) is 0 Å². The summed E-state index contributed by atoms with van der Waals surface area (Å²) < 4.78 is 29.7. The van der Waals surface area contributed by atoms with Gasteiger partial charge in [-0.05, 0) is 0 Å². The Morgan fingerprint density at radius 2 is 2.23 bits per heavy atom. The summed E-state index contributed by atoms with van der Waals surface area (Å²) in [6.07, 6.45) is 0.587. The number of ether oxygens (including phenoxy) is 1. The second-order valence-electron chi connectivity index (χ2n) is 2.08. The molecule has 1 aromatic rings. The summed E-state index contributed by atoms with van der Waals surface area (Å²) in [6.45, 7) is 0. The largest absolute Gasteiger partial charge is 0.465 e. The molecule has 0 N–H and O–H groups in total. The summed E-state index contributed by atoms with van der Waals surface area (Å²) in [5.41, 5.74) is -0.691. The Hall–Kier alpha value is -1.23. The van der Waals surface area contributed by atoms with Crippen LogP contribution in [0.3, 0.4) is 0 Å². The van der Waals surface area contributed by atoms with E-state index >= 15 is 0 Å². The van der Waals surface area contributed by atoms with Crippen LogP contribution in [-0.2, 0) is 4.74 Å². The van der Waals surface area contributed by atoms with Gasteiger partial charge >= 0.3 is 5.97 Å². The predicted molar refractivity (Wildman–Crippen MR) is 40.5 cm³/mol. The Morgan fingerprint density at radius 3 is 2.77 bits per heavy atom. The van der Waals surface area contributed by atoms with E-state index in [2.05, 4.69) is 9.72 Å². The molecule has 0 aliphatic heterocycles. The van der Waals surface area contributed by atoms with Gasteiger partial charge in [-0.1, -0.05) is 11.6 Å². The monoisotopic (exact) mass is 207 g/mol. The third-order valence-electron chi connectivity index (χ3n) is 1.32. The fraction of sp³-hybridized carbons (Fsp3) is 0.143. The quantitative estimate of drug-likeness (QED) is 0.521. The molecule has 0 atom stereocenters. The topological polar surface area (TPSA) is 39.2 Å². The lowest BCUT2D eigenvalue weighted by atomic mass is 10.3. The summed E-state index contributed by atoms with van der Waals surface area (Å²) in [7, 11) is 1.03. The molecule has 0 radical (unpaired) electrons. The average molecular weight is 208 g/mol. The van der Waals surface area contributed by atoms with E-state index < -0.39 is 28.3 Å². The maximum Gasteiger partial charge on any atom is 0.344 e. The van der Waals surface area contributed by atoms with Crippen molar-refractivity contribution in [2.75, 3.05) is 7.11 Å². The molecular formula is C7H4ClF2NO2. The summed E-state index contributed by atoms with van der Waals surface area (Å²) in [5, 5.41) is -0.626. The molecule has 0 amide bonds. The molecule has 0 aliphatic rings. The van der Waals surface area contributed by atoms with Gasteiger partial charge in [0.2, 0.25) is 5.95 Å². The number of methoxy groups -OCH3 is 1. The van der Waals surface area contributed by atoms with E-state index in [-0.39, 0.29) is 0 Å². The molecule has 1 heterocycles. The third-order valence-corrected chi connectivity index (χ3v) is 1.69. The van der Waals surface area contributed by atoms with E-state index in [0.717, 1.165) is 7.11 Å². The van der Waals surface area contributed by atoms with Crippen LogP contribution in [0.25, 0.3) is 0 Å². The molecular weight excluding hydrogens is 204 g/mol. The molecule has 70 valence electrons. The first-order valence-corrected chi connectivity index (χ1v) is 3.53. The van der Waals surface area contributed by atoms with Gasteiger partial charge in [0.05, 0.1) is 18.3 Å². The Kier molecular flexibility index (Phi) is 2.77. The SMILES string of the molecule is COC(=O)c1c(F)ncc(F)c1Cl. The van der Waals surface area contributed by atoms with Crippen LogP contribution in [-0.4, -0.2) is 18.1 Å². The van der Waals surface area contributed by atoms with Crippen molar-refractivity contribution in [3.8, 4) is 0 Å². The second-order valence-corrected chi connectivity index (χ2v) is 2.46. The maximum absolute atomic E-state index is 12.8. The Bertz CT molecular complexity index is 357.